The summed E-state index contributed by atoms with van der Waals surface area (Å²) in [5, 5.41) is 15.8. The van der Waals surface area contributed by atoms with E-state index in [2.05, 4.69) is 48.3 Å². The lowest BCUT2D eigenvalue weighted by Crippen LogP contribution is -2.32. The Bertz CT molecular complexity index is 704. The maximum atomic E-state index is 9.42. The topological polar surface area (TPSA) is 52.3 Å². The van der Waals surface area contributed by atoms with Crippen molar-refractivity contribution >= 4 is 11.8 Å². The van der Waals surface area contributed by atoms with Crippen LogP contribution in [0.4, 0.5) is 0 Å². The highest BCUT2D eigenvalue weighted by atomic mass is 15.5. The normalized spacial score (nSPS) is 22.7. The first-order valence-corrected chi connectivity index (χ1v) is 8.16. The number of hydrogen-bond acceptors (Lipinski definition) is 4. The van der Waals surface area contributed by atoms with Gasteiger partial charge in [-0.15, -0.1) is 0 Å². The molecule has 0 aliphatic carbocycles. The monoisotopic (exact) mass is 306 g/mol. The number of aryl methyl sites for hydroxylation is 1. The maximum Gasteiger partial charge on any atom is 0.110 e. The minimum absolute atomic E-state index is 0.0349. The molecule has 0 bridgehead atoms. The van der Waals surface area contributed by atoms with Crippen LogP contribution in [0.3, 0.4) is 0 Å². The van der Waals surface area contributed by atoms with Gasteiger partial charge in [-0.25, -0.2) is 0 Å². The van der Waals surface area contributed by atoms with Crippen molar-refractivity contribution in [2.75, 3.05) is 0 Å². The standard InChI is InChI=1S/C19H22N4/c1-13(2)4-6-15-8-18(16-7-5-14(3)21-10-16)19-17(9-20)11-22-23(19)12-15/h5,7-8,10-13,17,19H,4,6H2,1-3H3. The van der Waals surface area contributed by atoms with Crippen molar-refractivity contribution in [2.24, 2.45) is 16.9 Å². The summed E-state index contributed by atoms with van der Waals surface area (Å²) >= 11 is 0. The number of fused-ring (bicyclic) bond motifs is 1. The molecule has 23 heavy (non-hydrogen) atoms. The van der Waals surface area contributed by atoms with Gasteiger partial charge in [-0.2, -0.15) is 10.4 Å². The number of hydrazone groups is 1. The molecular formula is C19H22N4. The van der Waals surface area contributed by atoms with Gasteiger partial charge in [0, 0.05) is 24.3 Å². The van der Waals surface area contributed by atoms with Crippen LogP contribution in [-0.4, -0.2) is 22.2 Å². The molecule has 0 saturated heterocycles. The van der Waals surface area contributed by atoms with Gasteiger partial charge in [0.15, 0.2) is 0 Å². The second-order valence-electron chi connectivity index (χ2n) is 6.67. The van der Waals surface area contributed by atoms with Crippen LogP contribution in [0, 0.1) is 30.1 Å². The van der Waals surface area contributed by atoms with Crippen LogP contribution in [-0.2, 0) is 0 Å². The molecule has 3 heterocycles. The molecule has 4 nitrogen and oxygen atoms in total. The molecule has 1 aromatic rings. The van der Waals surface area contributed by atoms with Gasteiger partial charge in [0.05, 0.1) is 12.1 Å². The molecule has 2 atom stereocenters. The average molecular weight is 306 g/mol. The lowest BCUT2D eigenvalue weighted by atomic mass is 9.86. The molecule has 0 radical (unpaired) electrons. The molecule has 0 amide bonds. The number of aromatic nitrogens is 1. The predicted octanol–water partition coefficient (Wildman–Crippen LogP) is 3.92. The summed E-state index contributed by atoms with van der Waals surface area (Å²) in [7, 11) is 0. The Kier molecular flexibility index (Phi) is 4.29. The van der Waals surface area contributed by atoms with Gasteiger partial charge in [0.2, 0.25) is 0 Å². The lowest BCUT2D eigenvalue weighted by Gasteiger charge is -2.30. The number of pyridine rings is 1. The molecule has 2 aliphatic rings. The third kappa shape index (κ3) is 3.19. The maximum absolute atomic E-state index is 9.42. The molecular weight excluding hydrogens is 284 g/mol. The number of allylic oxidation sites excluding steroid dienone is 2. The van der Waals surface area contributed by atoms with Crippen molar-refractivity contribution in [3.63, 3.8) is 0 Å². The Balaban J connectivity index is 1.96. The van der Waals surface area contributed by atoms with Crippen molar-refractivity contribution in [3.8, 4) is 6.07 Å². The Hall–Kier alpha value is -2.41. The summed E-state index contributed by atoms with van der Waals surface area (Å²) in [5.41, 5.74) is 4.48. The molecule has 3 rings (SSSR count). The van der Waals surface area contributed by atoms with Gasteiger partial charge in [-0.1, -0.05) is 26.0 Å². The van der Waals surface area contributed by atoms with Crippen LogP contribution in [0.5, 0.6) is 0 Å². The quantitative estimate of drug-likeness (QED) is 0.847. The fraction of sp³-hybridized carbons (Fsp3) is 0.421. The third-order valence-electron chi connectivity index (χ3n) is 4.35. The van der Waals surface area contributed by atoms with Crippen molar-refractivity contribution in [2.45, 2.75) is 39.7 Å². The van der Waals surface area contributed by atoms with E-state index < -0.39 is 0 Å². The van der Waals surface area contributed by atoms with E-state index in [9.17, 15) is 5.26 Å². The number of nitrogens with zero attached hydrogens (tertiary/aromatic N) is 4. The first kappa shape index (κ1) is 15.5. The van der Waals surface area contributed by atoms with E-state index in [0.717, 1.165) is 29.7 Å². The van der Waals surface area contributed by atoms with E-state index in [1.807, 2.05) is 24.2 Å². The third-order valence-corrected chi connectivity index (χ3v) is 4.35. The van der Waals surface area contributed by atoms with E-state index >= 15 is 0 Å². The van der Waals surface area contributed by atoms with E-state index in [1.54, 1.807) is 6.21 Å². The van der Waals surface area contributed by atoms with Gasteiger partial charge < -0.3 is 0 Å². The first-order valence-electron chi connectivity index (χ1n) is 8.16. The first-order chi connectivity index (χ1) is 11.1. The zero-order valence-corrected chi connectivity index (χ0v) is 13.9. The smallest absolute Gasteiger partial charge is 0.110 e. The van der Waals surface area contributed by atoms with E-state index in [1.165, 1.54) is 5.57 Å². The van der Waals surface area contributed by atoms with E-state index in [4.69, 9.17) is 0 Å². The average Bonchev–Trinajstić information content (AvgIpc) is 2.96. The fourth-order valence-electron chi connectivity index (χ4n) is 3.00. The molecule has 0 aromatic carbocycles. The van der Waals surface area contributed by atoms with Crippen LogP contribution in [0.15, 0.2) is 41.3 Å². The number of rotatable bonds is 4. The van der Waals surface area contributed by atoms with Crippen molar-refractivity contribution < 1.29 is 0 Å². The summed E-state index contributed by atoms with van der Waals surface area (Å²) < 4.78 is 0. The lowest BCUT2D eigenvalue weighted by molar-refractivity contribution is 0.351. The zero-order chi connectivity index (χ0) is 16.4. The molecule has 0 spiro atoms. The molecule has 0 fully saturated rings. The minimum atomic E-state index is -0.217. The van der Waals surface area contributed by atoms with Gasteiger partial charge in [0.1, 0.15) is 5.92 Å². The van der Waals surface area contributed by atoms with E-state index in [0.29, 0.717) is 5.92 Å². The highest BCUT2D eigenvalue weighted by Gasteiger charge is 2.36. The van der Waals surface area contributed by atoms with E-state index in [-0.39, 0.29) is 12.0 Å². The zero-order valence-electron chi connectivity index (χ0n) is 13.9. The summed E-state index contributed by atoms with van der Waals surface area (Å²) in [6.07, 6.45) is 10.1. The minimum Gasteiger partial charge on any atom is -0.264 e. The second kappa shape index (κ2) is 6.37. The summed E-state index contributed by atoms with van der Waals surface area (Å²) in [4.78, 5) is 4.42. The highest BCUT2D eigenvalue weighted by molar-refractivity contribution is 5.81. The number of nitriles is 1. The molecule has 2 unspecified atom stereocenters. The van der Waals surface area contributed by atoms with Crippen molar-refractivity contribution in [3.05, 3.63) is 47.4 Å². The molecule has 4 heteroatoms. The largest absolute Gasteiger partial charge is 0.264 e. The second-order valence-corrected chi connectivity index (χ2v) is 6.67. The molecule has 2 aliphatic heterocycles. The van der Waals surface area contributed by atoms with Crippen molar-refractivity contribution in [1.82, 2.24) is 9.99 Å². The summed E-state index contributed by atoms with van der Waals surface area (Å²) in [5.74, 6) is 0.450. The fourth-order valence-corrected chi connectivity index (χ4v) is 3.00. The SMILES string of the molecule is Cc1ccc(C2=CC(CCC(C)C)=CN3N=CC(C#N)C23)cn1. The van der Waals surface area contributed by atoms with Crippen LogP contribution in [0.1, 0.15) is 37.9 Å². The van der Waals surface area contributed by atoms with Crippen LogP contribution in [0.2, 0.25) is 0 Å². The number of hydrogen-bond donors (Lipinski definition) is 0. The van der Waals surface area contributed by atoms with Crippen LogP contribution < -0.4 is 0 Å². The van der Waals surface area contributed by atoms with Gasteiger partial charge in [-0.3, -0.25) is 9.99 Å². The summed E-state index contributed by atoms with van der Waals surface area (Å²) in [6.45, 7) is 6.46. The molecule has 1 aromatic heterocycles. The molecule has 0 saturated carbocycles. The molecule has 0 N–H and O–H groups in total. The Morgan fingerprint density at radius 3 is 2.83 bits per heavy atom. The molecule has 118 valence electrons. The van der Waals surface area contributed by atoms with Gasteiger partial charge in [-0.05, 0) is 48.5 Å². The highest BCUT2D eigenvalue weighted by Crippen LogP contribution is 2.36. The Morgan fingerprint density at radius 1 is 1.35 bits per heavy atom. The van der Waals surface area contributed by atoms with Crippen molar-refractivity contribution in [1.29, 1.82) is 5.26 Å². The summed E-state index contributed by atoms with van der Waals surface area (Å²) in [6, 6.07) is 6.43. The van der Waals surface area contributed by atoms with Gasteiger partial charge in [0.25, 0.3) is 0 Å². The Morgan fingerprint density at radius 2 is 2.17 bits per heavy atom. The van der Waals surface area contributed by atoms with Crippen LogP contribution in [0.25, 0.3) is 5.57 Å². The predicted molar refractivity (Wildman–Crippen MR) is 92.3 cm³/mol. The van der Waals surface area contributed by atoms with Gasteiger partial charge >= 0.3 is 0 Å². The Labute approximate surface area is 137 Å². The van der Waals surface area contributed by atoms with Crippen LogP contribution >= 0.6 is 0 Å².